The normalized spacial score (nSPS) is 12.3. The first kappa shape index (κ1) is 16.5. The SMILES string of the molecule is CC(C)(C)c1ccc(NC(=O)c2scnc2C(F)(F)F)cc1. The number of carbonyl (C=O) groups is 1. The minimum atomic E-state index is -4.64. The molecule has 1 aromatic heterocycles. The van der Waals surface area contributed by atoms with Crippen LogP contribution in [-0.4, -0.2) is 10.9 Å². The second-order valence-corrected chi connectivity index (χ2v) is 6.66. The average Bonchev–Trinajstić information content (AvgIpc) is 2.87. The number of carbonyl (C=O) groups excluding carboxylic acids is 1. The summed E-state index contributed by atoms with van der Waals surface area (Å²) in [5.41, 5.74) is 1.34. The fourth-order valence-corrected chi connectivity index (χ4v) is 2.55. The Morgan fingerprint density at radius 2 is 1.73 bits per heavy atom. The van der Waals surface area contributed by atoms with Gasteiger partial charge in [-0.25, -0.2) is 4.98 Å². The third-order valence-corrected chi connectivity index (χ3v) is 3.88. The predicted molar refractivity (Wildman–Crippen MR) is 80.2 cm³/mol. The van der Waals surface area contributed by atoms with Gasteiger partial charge in [0.2, 0.25) is 0 Å². The molecule has 1 N–H and O–H groups in total. The summed E-state index contributed by atoms with van der Waals surface area (Å²) >= 11 is 0.668. The van der Waals surface area contributed by atoms with Gasteiger partial charge >= 0.3 is 6.18 Å². The van der Waals surface area contributed by atoms with E-state index in [-0.39, 0.29) is 5.41 Å². The average molecular weight is 328 g/mol. The van der Waals surface area contributed by atoms with Crippen LogP contribution >= 0.6 is 11.3 Å². The first-order valence-corrected chi connectivity index (χ1v) is 7.39. The molecule has 3 nitrogen and oxygen atoms in total. The highest BCUT2D eigenvalue weighted by molar-refractivity contribution is 7.12. The molecule has 0 aliphatic rings. The molecule has 0 saturated carbocycles. The number of nitrogens with zero attached hydrogens (tertiary/aromatic N) is 1. The third kappa shape index (κ3) is 3.65. The van der Waals surface area contributed by atoms with Crippen molar-refractivity contribution in [3.63, 3.8) is 0 Å². The molecule has 118 valence electrons. The lowest BCUT2D eigenvalue weighted by molar-refractivity contribution is -0.141. The lowest BCUT2D eigenvalue weighted by atomic mass is 9.87. The largest absolute Gasteiger partial charge is 0.434 e. The van der Waals surface area contributed by atoms with E-state index in [2.05, 4.69) is 10.3 Å². The summed E-state index contributed by atoms with van der Waals surface area (Å²) in [6, 6.07) is 7.03. The molecule has 7 heteroatoms. The number of thiazole rings is 1. The van der Waals surface area contributed by atoms with Crippen molar-refractivity contribution in [2.75, 3.05) is 5.32 Å². The molecule has 0 radical (unpaired) electrons. The van der Waals surface area contributed by atoms with Crippen LogP contribution in [-0.2, 0) is 11.6 Å². The maximum atomic E-state index is 12.7. The number of anilines is 1. The first-order valence-electron chi connectivity index (χ1n) is 6.51. The number of alkyl halides is 3. The van der Waals surface area contributed by atoms with E-state index in [1.807, 2.05) is 32.9 Å². The molecule has 0 spiro atoms. The molecule has 1 aromatic carbocycles. The summed E-state index contributed by atoms with van der Waals surface area (Å²) in [5, 5.41) is 2.47. The van der Waals surface area contributed by atoms with Gasteiger partial charge in [0, 0.05) is 5.69 Å². The molecule has 22 heavy (non-hydrogen) atoms. The zero-order valence-electron chi connectivity index (χ0n) is 12.3. The van der Waals surface area contributed by atoms with Gasteiger partial charge in [-0.3, -0.25) is 4.79 Å². The molecule has 0 atom stereocenters. The monoisotopic (exact) mass is 328 g/mol. The van der Waals surface area contributed by atoms with Gasteiger partial charge in [-0.05, 0) is 23.1 Å². The van der Waals surface area contributed by atoms with Gasteiger partial charge in [-0.15, -0.1) is 11.3 Å². The van der Waals surface area contributed by atoms with Crippen LogP contribution in [0.5, 0.6) is 0 Å². The van der Waals surface area contributed by atoms with E-state index in [1.54, 1.807) is 12.1 Å². The van der Waals surface area contributed by atoms with Gasteiger partial charge in [-0.1, -0.05) is 32.9 Å². The molecule has 1 amide bonds. The molecule has 0 fully saturated rings. The van der Waals surface area contributed by atoms with Gasteiger partial charge in [0.05, 0.1) is 5.51 Å². The number of benzene rings is 1. The number of halogens is 3. The Hall–Kier alpha value is -1.89. The van der Waals surface area contributed by atoms with Crippen LogP contribution in [0.25, 0.3) is 0 Å². The Bertz CT molecular complexity index is 669. The maximum Gasteiger partial charge on any atom is 0.434 e. The number of hydrogen-bond acceptors (Lipinski definition) is 3. The van der Waals surface area contributed by atoms with Crippen LogP contribution in [0, 0.1) is 0 Å². The minimum Gasteiger partial charge on any atom is -0.321 e. The van der Waals surface area contributed by atoms with Crippen molar-refractivity contribution < 1.29 is 18.0 Å². The first-order chi connectivity index (χ1) is 10.1. The predicted octanol–water partition coefficient (Wildman–Crippen LogP) is 4.71. The highest BCUT2D eigenvalue weighted by Crippen LogP contribution is 2.33. The van der Waals surface area contributed by atoms with E-state index >= 15 is 0 Å². The lowest BCUT2D eigenvalue weighted by Gasteiger charge is -2.19. The molecular weight excluding hydrogens is 313 g/mol. The summed E-state index contributed by atoms with van der Waals surface area (Å²) in [6.45, 7) is 6.15. The smallest absolute Gasteiger partial charge is 0.321 e. The van der Waals surface area contributed by atoms with Gasteiger partial charge in [-0.2, -0.15) is 13.2 Å². The topological polar surface area (TPSA) is 42.0 Å². The second kappa shape index (κ2) is 5.72. The quantitative estimate of drug-likeness (QED) is 0.867. The van der Waals surface area contributed by atoms with E-state index < -0.39 is 22.7 Å². The summed E-state index contributed by atoms with van der Waals surface area (Å²) in [5.74, 6) is -0.807. The molecule has 0 unspecified atom stereocenters. The molecule has 2 rings (SSSR count). The highest BCUT2D eigenvalue weighted by atomic mass is 32.1. The molecular formula is C15H15F3N2OS. The van der Waals surface area contributed by atoms with Crippen molar-refractivity contribution in [1.29, 1.82) is 0 Å². The summed E-state index contributed by atoms with van der Waals surface area (Å²) in [4.78, 5) is 14.8. The molecule has 0 bridgehead atoms. The number of hydrogen-bond donors (Lipinski definition) is 1. The Morgan fingerprint density at radius 1 is 1.14 bits per heavy atom. The molecule has 1 heterocycles. The highest BCUT2D eigenvalue weighted by Gasteiger charge is 2.38. The van der Waals surface area contributed by atoms with Crippen LogP contribution in [0.4, 0.5) is 18.9 Å². The summed E-state index contributed by atoms with van der Waals surface area (Å²) in [7, 11) is 0. The van der Waals surface area contributed by atoms with Crippen molar-refractivity contribution in [3.05, 3.63) is 45.9 Å². The van der Waals surface area contributed by atoms with Crippen molar-refractivity contribution in [1.82, 2.24) is 4.98 Å². The van der Waals surface area contributed by atoms with E-state index in [4.69, 9.17) is 0 Å². The van der Waals surface area contributed by atoms with Gasteiger partial charge < -0.3 is 5.32 Å². The second-order valence-electron chi connectivity index (χ2n) is 5.81. The minimum absolute atomic E-state index is 0.0380. The van der Waals surface area contributed by atoms with Crippen molar-refractivity contribution in [2.24, 2.45) is 0 Å². The standard InChI is InChI=1S/C15H15F3N2OS/c1-14(2,3)9-4-6-10(7-5-9)20-13(21)11-12(15(16,17)18)19-8-22-11/h4-8H,1-3H3,(H,20,21). The van der Waals surface area contributed by atoms with Gasteiger partial charge in [0.25, 0.3) is 5.91 Å². The van der Waals surface area contributed by atoms with Crippen molar-refractivity contribution >= 4 is 22.9 Å². The molecule has 2 aromatic rings. The zero-order valence-corrected chi connectivity index (χ0v) is 13.1. The Morgan fingerprint density at radius 3 is 2.23 bits per heavy atom. The van der Waals surface area contributed by atoms with Gasteiger partial charge in [0.15, 0.2) is 5.69 Å². The number of aromatic nitrogens is 1. The fourth-order valence-electron chi connectivity index (χ4n) is 1.85. The Balaban J connectivity index is 2.18. The summed E-state index contributed by atoms with van der Waals surface area (Å²) in [6.07, 6.45) is -4.64. The van der Waals surface area contributed by atoms with E-state index in [9.17, 15) is 18.0 Å². The van der Waals surface area contributed by atoms with Crippen LogP contribution in [0.2, 0.25) is 0 Å². The van der Waals surface area contributed by atoms with E-state index in [1.165, 1.54) is 0 Å². The van der Waals surface area contributed by atoms with Crippen molar-refractivity contribution in [3.8, 4) is 0 Å². The molecule has 0 saturated heterocycles. The van der Waals surface area contributed by atoms with Crippen LogP contribution in [0.1, 0.15) is 41.7 Å². The van der Waals surface area contributed by atoms with E-state index in [0.29, 0.717) is 17.0 Å². The number of nitrogens with one attached hydrogen (secondary N) is 1. The molecule has 0 aliphatic heterocycles. The van der Waals surface area contributed by atoms with Gasteiger partial charge in [0.1, 0.15) is 4.88 Å². The van der Waals surface area contributed by atoms with Crippen molar-refractivity contribution in [2.45, 2.75) is 32.4 Å². The fraction of sp³-hybridized carbons (Fsp3) is 0.333. The van der Waals surface area contributed by atoms with E-state index in [0.717, 1.165) is 11.1 Å². The van der Waals surface area contributed by atoms with Crippen LogP contribution in [0.15, 0.2) is 29.8 Å². The summed E-state index contributed by atoms with van der Waals surface area (Å²) < 4.78 is 38.2. The van der Waals surface area contributed by atoms with Crippen LogP contribution in [0.3, 0.4) is 0 Å². The lowest BCUT2D eigenvalue weighted by Crippen LogP contribution is -2.17. The third-order valence-electron chi connectivity index (χ3n) is 3.05. The number of rotatable bonds is 2. The Kier molecular flexibility index (Phi) is 4.28. The Labute approximate surface area is 130 Å². The van der Waals surface area contributed by atoms with Crippen LogP contribution < -0.4 is 5.32 Å². The maximum absolute atomic E-state index is 12.7. The number of amides is 1. The zero-order chi connectivity index (χ0) is 16.5. The molecule has 0 aliphatic carbocycles.